The molecular formula is C24H34ClN7O4S. The van der Waals surface area contributed by atoms with E-state index in [9.17, 15) is 9.00 Å². The van der Waals surface area contributed by atoms with E-state index in [2.05, 4.69) is 32.1 Å². The predicted molar refractivity (Wildman–Crippen MR) is 149 cm³/mol. The Morgan fingerprint density at radius 3 is 2.70 bits per heavy atom. The van der Waals surface area contributed by atoms with Crippen molar-refractivity contribution in [3.63, 3.8) is 0 Å². The molecule has 202 valence electrons. The molecule has 2 N–H and O–H groups in total. The largest absolute Gasteiger partial charge is 0.494 e. The Balaban J connectivity index is 1.88. The third-order valence-electron chi connectivity index (χ3n) is 5.76. The number of likely N-dealkylation sites (N-methyl/N-ethyl adjacent to an activating group) is 2. The van der Waals surface area contributed by atoms with Crippen LogP contribution in [0.25, 0.3) is 0 Å². The standard InChI is InChI=1S/C24H34ClN7O4S/c1-7-22(33)27-18-12-19(21(35-5)13-20(18)31(4)11-10-30(2)3)28-24-26-14-17(25)23(29-24)36-16-8-9-32(15-16)37(6)34/h7,12-14,16H,1,8-11,15H2,2-6H3,(H,27,33)(H,26,28,29). The monoisotopic (exact) mass is 551 g/mol. The van der Waals surface area contributed by atoms with Crippen LogP contribution in [-0.2, 0) is 15.8 Å². The molecule has 2 unspecified atom stereocenters. The van der Waals surface area contributed by atoms with Crippen molar-refractivity contribution < 1.29 is 18.5 Å². The van der Waals surface area contributed by atoms with Crippen LogP contribution in [0.1, 0.15) is 6.42 Å². The summed E-state index contributed by atoms with van der Waals surface area (Å²) in [6, 6.07) is 3.59. The van der Waals surface area contributed by atoms with Gasteiger partial charge in [-0.25, -0.2) is 13.5 Å². The second-order valence-electron chi connectivity index (χ2n) is 8.80. The van der Waals surface area contributed by atoms with Crippen LogP contribution in [0, 0.1) is 0 Å². The predicted octanol–water partition coefficient (Wildman–Crippen LogP) is 2.75. The number of halogens is 1. The highest BCUT2D eigenvalue weighted by molar-refractivity contribution is 7.81. The lowest BCUT2D eigenvalue weighted by atomic mass is 10.2. The zero-order valence-electron chi connectivity index (χ0n) is 21.8. The Morgan fingerprint density at radius 2 is 2.08 bits per heavy atom. The molecule has 1 amide bonds. The third kappa shape index (κ3) is 7.78. The summed E-state index contributed by atoms with van der Waals surface area (Å²) < 4.78 is 25.2. The Morgan fingerprint density at radius 1 is 1.32 bits per heavy atom. The number of methoxy groups -OCH3 is 1. The number of benzene rings is 1. The lowest BCUT2D eigenvalue weighted by molar-refractivity contribution is -0.111. The first kappa shape index (κ1) is 28.6. The normalized spacial score (nSPS) is 16.4. The van der Waals surface area contributed by atoms with Gasteiger partial charge in [0.15, 0.2) is 0 Å². The highest BCUT2D eigenvalue weighted by atomic mass is 35.5. The zero-order chi connectivity index (χ0) is 27.1. The number of hydrogen-bond donors (Lipinski definition) is 2. The molecule has 0 bridgehead atoms. The Kier molecular flexibility index (Phi) is 10.1. The van der Waals surface area contributed by atoms with Crippen molar-refractivity contribution in [2.24, 2.45) is 0 Å². The van der Waals surface area contributed by atoms with Crippen molar-refractivity contribution in [3.8, 4) is 11.6 Å². The molecular weight excluding hydrogens is 518 g/mol. The molecule has 1 aromatic carbocycles. The zero-order valence-corrected chi connectivity index (χ0v) is 23.4. The molecule has 1 fully saturated rings. The number of anilines is 4. The smallest absolute Gasteiger partial charge is 0.247 e. The molecule has 0 radical (unpaired) electrons. The lowest BCUT2D eigenvalue weighted by Gasteiger charge is -2.26. The molecule has 13 heteroatoms. The number of hydrogen-bond acceptors (Lipinski definition) is 9. The molecule has 37 heavy (non-hydrogen) atoms. The fraction of sp³-hybridized carbons (Fsp3) is 0.458. The van der Waals surface area contributed by atoms with Crippen molar-refractivity contribution in [2.45, 2.75) is 12.5 Å². The molecule has 2 heterocycles. The van der Waals surface area contributed by atoms with Crippen LogP contribution < -0.4 is 25.0 Å². The average molecular weight is 552 g/mol. The highest BCUT2D eigenvalue weighted by Gasteiger charge is 2.27. The van der Waals surface area contributed by atoms with Crippen LogP contribution in [0.4, 0.5) is 23.0 Å². The van der Waals surface area contributed by atoms with E-state index in [0.717, 1.165) is 18.8 Å². The Hall–Kier alpha value is -2.93. The van der Waals surface area contributed by atoms with E-state index in [1.165, 1.54) is 12.3 Å². The van der Waals surface area contributed by atoms with Crippen LogP contribution in [0.5, 0.6) is 11.6 Å². The summed E-state index contributed by atoms with van der Waals surface area (Å²) in [4.78, 5) is 25.0. The van der Waals surface area contributed by atoms with E-state index < -0.39 is 11.0 Å². The number of ether oxygens (including phenoxy) is 2. The van der Waals surface area contributed by atoms with Crippen LogP contribution in [0.15, 0.2) is 31.0 Å². The average Bonchev–Trinajstić information content (AvgIpc) is 3.33. The van der Waals surface area contributed by atoms with Gasteiger partial charge in [-0.3, -0.25) is 4.79 Å². The summed E-state index contributed by atoms with van der Waals surface area (Å²) in [5.41, 5.74) is 1.88. The molecule has 1 aliphatic rings. The Bertz CT molecular complexity index is 1150. The first-order valence-corrected chi connectivity index (χ1v) is 13.6. The molecule has 2 atom stereocenters. The fourth-order valence-corrected chi connectivity index (χ4v) is 4.58. The van der Waals surface area contributed by atoms with Gasteiger partial charge >= 0.3 is 0 Å². The van der Waals surface area contributed by atoms with Crippen LogP contribution in [-0.4, -0.2) is 96.1 Å². The van der Waals surface area contributed by atoms with Crippen LogP contribution >= 0.6 is 11.6 Å². The minimum absolute atomic E-state index is 0.184. The summed E-state index contributed by atoms with van der Waals surface area (Å²) in [7, 11) is 6.45. The van der Waals surface area contributed by atoms with E-state index in [1.54, 1.807) is 19.4 Å². The van der Waals surface area contributed by atoms with Crippen LogP contribution in [0.3, 0.4) is 0 Å². The van der Waals surface area contributed by atoms with Gasteiger partial charge < -0.3 is 29.9 Å². The summed E-state index contributed by atoms with van der Waals surface area (Å²) >= 11 is 6.30. The number of nitrogens with zero attached hydrogens (tertiary/aromatic N) is 5. The molecule has 1 aromatic heterocycles. The first-order chi connectivity index (χ1) is 17.6. The van der Waals surface area contributed by atoms with E-state index in [1.807, 2.05) is 36.4 Å². The van der Waals surface area contributed by atoms with Crippen molar-refractivity contribution >= 4 is 51.5 Å². The molecule has 3 rings (SSSR count). The fourth-order valence-electron chi connectivity index (χ4n) is 3.71. The summed E-state index contributed by atoms with van der Waals surface area (Å²) in [5, 5.41) is 6.28. The number of nitrogens with one attached hydrogen (secondary N) is 2. The first-order valence-electron chi connectivity index (χ1n) is 11.7. The number of rotatable bonds is 12. The second-order valence-corrected chi connectivity index (χ2v) is 10.6. The Labute approximate surface area is 225 Å². The quantitative estimate of drug-likeness (QED) is 0.384. The summed E-state index contributed by atoms with van der Waals surface area (Å²) in [6.45, 7) is 6.30. The van der Waals surface area contributed by atoms with Gasteiger partial charge in [0.05, 0.1) is 41.4 Å². The SMILES string of the molecule is C=CC(=O)Nc1cc(Nc2ncc(Cl)c(OC3CCN(S(C)=O)C3)n2)c(OC)cc1N(C)CCN(C)C. The lowest BCUT2D eigenvalue weighted by Crippen LogP contribution is -2.29. The molecule has 0 saturated carbocycles. The van der Waals surface area contributed by atoms with Gasteiger partial charge in [0.25, 0.3) is 0 Å². The van der Waals surface area contributed by atoms with E-state index in [-0.39, 0.29) is 28.9 Å². The molecule has 1 saturated heterocycles. The number of carbonyl (C=O) groups excluding carboxylic acids is 1. The molecule has 0 spiro atoms. The van der Waals surface area contributed by atoms with Crippen molar-refractivity contribution in [1.29, 1.82) is 0 Å². The van der Waals surface area contributed by atoms with Gasteiger partial charge in [-0.15, -0.1) is 0 Å². The molecule has 2 aromatic rings. The number of aromatic nitrogens is 2. The second kappa shape index (κ2) is 13.0. The van der Waals surface area contributed by atoms with Gasteiger partial charge in [0.2, 0.25) is 17.7 Å². The maximum absolute atomic E-state index is 12.2. The van der Waals surface area contributed by atoms with Crippen molar-refractivity contribution in [2.75, 3.05) is 76.2 Å². The van der Waals surface area contributed by atoms with Crippen molar-refractivity contribution in [3.05, 3.63) is 36.0 Å². The maximum atomic E-state index is 12.2. The van der Waals surface area contributed by atoms with Gasteiger partial charge in [0.1, 0.15) is 16.9 Å². The molecule has 1 aliphatic heterocycles. The highest BCUT2D eigenvalue weighted by Crippen LogP contribution is 2.38. The van der Waals surface area contributed by atoms with E-state index in [4.69, 9.17) is 21.1 Å². The van der Waals surface area contributed by atoms with Gasteiger partial charge in [0, 0.05) is 45.5 Å². The minimum Gasteiger partial charge on any atom is -0.494 e. The molecule has 11 nitrogen and oxygen atoms in total. The van der Waals surface area contributed by atoms with E-state index in [0.29, 0.717) is 36.6 Å². The van der Waals surface area contributed by atoms with Crippen LogP contribution in [0.2, 0.25) is 5.02 Å². The van der Waals surface area contributed by atoms with Crippen molar-refractivity contribution in [1.82, 2.24) is 19.2 Å². The summed E-state index contributed by atoms with van der Waals surface area (Å²) in [6.07, 6.45) is 4.84. The van der Waals surface area contributed by atoms with E-state index >= 15 is 0 Å². The minimum atomic E-state index is -1.06. The maximum Gasteiger partial charge on any atom is 0.247 e. The topological polar surface area (TPSA) is 112 Å². The number of carbonyl (C=O) groups is 1. The van der Waals surface area contributed by atoms with Gasteiger partial charge in [-0.2, -0.15) is 4.98 Å². The van der Waals surface area contributed by atoms with Gasteiger partial charge in [-0.1, -0.05) is 18.2 Å². The third-order valence-corrected chi connectivity index (χ3v) is 7.08. The van der Waals surface area contributed by atoms with Gasteiger partial charge in [-0.05, 0) is 32.7 Å². The molecule has 0 aliphatic carbocycles. The summed E-state index contributed by atoms with van der Waals surface area (Å²) in [5.74, 6) is 0.657. The number of amides is 1.